The van der Waals surface area contributed by atoms with Crippen LogP contribution < -0.4 is 5.32 Å². The Morgan fingerprint density at radius 3 is 2.73 bits per heavy atom. The molecule has 0 aromatic rings. The van der Waals surface area contributed by atoms with Gasteiger partial charge in [0.15, 0.2) is 0 Å². The predicted molar refractivity (Wildman–Crippen MR) is 101 cm³/mol. The van der Waals surface area contributed by atoms with Crippen molar-refractivity contribution in [2.75, 3.05) is 31.3 Å². The van der Waals surface area contributed by atoms with Crippen molar-refractivity contribution < 1.29 is 23.1 Å². The van der Waals surface area contributed by atoms with Crippen LogP contribution >= 0.6 is 11.8 Å². The summed E-state index contributed by atoms with van der Waals surface area (Å²) in [6, 6.07) is -0.662. The molecule has 1 atom stereocenters. The van der Waals surface area contributed by atoms with Crippen molar-refractivity contribution in [1.82, 2.24) is 10.2 Å². The fourth-order valence-corrected chi connectivity index (χ4v) is 3.33. The first-order valence-corrected chi connectivity index (χ1v) is 9.75. The molecule has 1 aliphatic heterocycles. The number of thioether (sulfide) groups is 1. The van der Waals surface area contributed by atoms with E-state index in [0.717, 1.165) is 11.8 Å². The van der Waals surface area contributed by atoms with Gasteiger partial charge < -0.3 is 15.0 Å². The van der Waals surface area contributed by atoms with Crippen LogP contribution in [0.4, 0.5) is 13.6 Å². The van der Waals surface area contributed by atoms with Gasteiger partial charge in [-0.25, -0.2) is 13.6 Å². The van der Waals surface area contributed by atoms with Gasteiger partial charge >= 0.3 is 6.09 Å². The highest BCUT2D eigenvalue weighted by molar-refractivity contribution is 7.99. The Labute approximate surface area is 158 Å². The first-order chi connectivity index (χ1) is 12.2. The standard InChI is InChI=1S/C18H28F2N2O3S/c1-5-13(10-14(20)11-19)6-7-22-8-9-26-12-15(16(22)23)21-17(24)25-18(2,3)4/h5,10,15H,6-9,11-12H2,1-4H3,(H,21,24)/b13-5-,14-10+. The van der Waals surface area contributed by atoms with E-state index in [-0.39, 0.29) is 5.91 Å². The monoisotopic (exact) mass is 390 g/mol. The average Bonchev–Trinajstić information content (AvgIpc) is 2.72. The molecule has 2 amide bonds. The van der Waals surface area contributed by atoms with Crippen LogP contribution in [-0.4, -0.2) is 59.8 Å². The minimum Gasteiger partial charge on any atom is -0.444 e. The van der Waals surface area contributed by atoms with Crippen LogP contribution in [0.1, 0.15) is 34.1 Å². The topological polar surface area (TPSA) is 58.6 Å². The Bertz CT molecular complexity index is 559. The number of alkyl halides is 1. The molecule has 148 valence electrons. The van der Waals surface area contributed by atoms with Crippen molar-refractivity contribution in [3.05, 3.63) is 23.6 Å². The summed E-state index contributed by atoms with van der Waals surface area (Å²) >= 11 is 1.58. The lowest BCUT2D eigenvalue weighted by atomic mass is 10.1. The summed E-state index contributed by atoms with van der Waals surface area (Å²) in [6.07, 6.45) is 2.65. The van der Waals surface area contributed by atoms with Gasteiger partial charge in [-0.15, -0.1) is 0 Å². The van der Waals surface area contributed by atoms with Gasteiger partial charge in [0.05, 0.1) is 0 Å². The molecule has 0 aromatic heterocycles. The zero-order chi connectivity index (χ0) is 19.7. The highest BCUT2D eigenvalue weighted by atomic mass is 32.2. The number of rotatable bonds is 6. The Kier molecular flexibility index (Phi) is 9.12. The maximum atomic E-state index is 13.1. The van der Waals surface area contributed by atoms with Crippen LogP contribution in [0.5, 0.6) is 0 Å². The van der Waals surface area contributed by atoms with Gasteiger partial charge in [0.1, 0.15) is 24.1 Å². The molecule has 1 aliphatic rings. The second-order valence-electron chi connectivity index (χ2n) is 6.94. The SMILES string of the molecule is C/C=C(\C=C(\F)CF)CCN1CCSCC(NC(=O)OC(C)(C)C)C1=O. The Balaban J connectivity index is 2.68. The van der Waals surface area contributed by atoms with Gasteiger partial charge in [0.25, 0.3) is 0 Å². The number of halogens is 2. The van der Waals surface area contributed by atoms with E-state index in [0.29, 0.717) is 30.8 Å². The van der Waals surface area contributed by atoms with Gasteiger partial charge in [-0.3, -0.25) is 4.79 Å². The largest absolute Gasteiger partial charge is 0.444 e. The third-order valence-electron chi connectivity index (χ3n) is 3.60. The molecule has 0 aromatic carbocycles. The van der Waals surface area contributed by atoms with Gasteiger partial charge in [-0.05, 0) is 45.8 Å². The minimum absolute atomic E-state index is 0.189. The van der Waals surface area contributed by atoms with Crippen molar-refractivity contribution in [2.24, 2.45) is 0 Å². The number of carbonyl (C=O) groups excluding carboxylic acids is 2. The molecule has 1 unspecified atom stereocenters. The third kappa shape index (κ3) is 8.21. The highest BCUT2D eigenvalue weighted by Crippen LogP contribution is 2.16. The molecule has 0 spiro atoms. The lowest BCUT2D eigenvalue weighted by Gasteiger charge is -2.26. The summed E-state index contributed by atoms with van der Waals surface area (Å²) in [4.78, 5) is 26.3. The smallest absolute Gasteiger partial charge is 0.408 e. The second kappa shape index (κ2) is 10.5. The summed E-state index contributed by atoms with van der Waals surface area (Å²) in [6.45, 7) is 6.79. The highest BCUT2D eigenvalue weighted by Gasteiger charge is 2.30. The molecule has 8 heteroatoms. The Hall–Kier alpha value is -1.57. The zero-order valence-corrected chi connectivity index (χ0v) is 16.6. The second-order valence-corrected chi connectivity index (χ2v) is 8.09. The number of allylic oxidation sites excluding steroid dienone is 3. The molecule has 1 rings (SSSR count). The fraction of sp³-hybridized carbons (Fsp3) is 0.667. The quantitative estimate of drug-likeness (QED) is 0.704. The van der Waals surface area contributed by atoms with Crippen molar-refractivity contribution in [1.29, 1.82) is 0 Å². The van der Waals surface area contributed by atoms with E-state index >= 15 is 0 Å². The molecule has 1 saturated heterocycles. The van der Waals surface area contributed by atoms with E-state index in [4.69, 9.17) is 4.74 Å². The van der Waals surface area contributed by atoms with Crippen molar-refractivity contribution >= 4 is 23.8 Å². The summed E-state index contributed by atoms with van der Waals surface area (Å²) in [7, 11) is 0. The average molecular weight is 390 g/mol. The number of nitrogens with one attached hydrogen (secondary N) is 1. The van der Waals surface area contributed by atoms with E-state index in [1.165, 1.54) is 0 Å². The maximum absolute atomic E-state index is 13.1. The van der Waals surface area contributed by atoms with E-state index in [1.807, 2.05) is 0 Å². The van der Waals surface area contributed by atoms with E-state index in [2.05, 4.69) is 5.32 Å². The van der Waals surface area contributed by atoms with E-state index in [9.17, 15) is 18.4 Å². The van der Waals surface area contributed by atoms with Crippen molar-refractivity contribution in [3.63, 3.8) is 0 Å². The predicted octanol–water partition coefficient (Wildman–Crippen LogP) is 3.61. The number of alkyl carbamates (subject to hydrolysis) is 1. The lowest BCUT2D eigenvalue weighted by Crippen LogP contribution is -2.50. The summed E-state index contributed by atoms with van der Waals surface area (Å²) in [5.74, 6) is 0.200. The number of hydrogen-bond donors (Lipinski definition) is 1. The summed E-state index contributed by atoms with van der Waals surface area (Å²) in [5.41, 5.74) is -0.0141. The Morgan fingerprint density at radius 1 is 1.46 bits per heavy atom. The van der Waals surface area contributed by atoms with Crippen LogP contribution in [0.2, 0.25) is 0 Å². The molecule has 26 heavy (non-hydrogen) atoms. The third-order valence-corrected chi connectivity index (χ3v) is 4.64. The molecule has 1 N–H and O–H groups in total. The molecule has 1 heterocycles. The number of ether oxygens (including phenoxy) is 1. The first-order valence-electron chi connectivity index (χ1n) is 8.59. The molecule has 0 aliphatic carbocycles. The van der Waals surface area contributed by atoms with Crippen molar-refractivity contribution in [2.45, 2.75) is 45.8 Å². The molecular weight excluding hydrogens is 362 g/mol. The molecule has 1 fully saturated rings. The van der Waals surface area contributed by atoms with Crippen LogP contribution in [0.3, 0.4) is 0 Å². The van der Waals surface area contributed by atoms with E-state index < -0.39 is 30.2 Å². The Morgan fingerprint density at radius 2 is 2.15 bits per heavy atom. The van der Waals surface area contributed by atoms with Crippen molar-refractivity contribution in [3.8, 4) is 0 Å². The van der Waals surface area contributed by atoms with E-state index in [1.54, 1.807) is 50.4 Å². The molecule has 0 saturated carbocycles. The van der Waals surface area contributed by atoms with Gasteiger partial charge in [0.2, 0.25) is 5.91 Å². The van der Waals surface area contributed by atoms with Gasteiger partial charge in [0, 0.05) is 24.6 Å². The fourth-order valence-electron chi connectivity index (χ4n) is 2.36. The van der Waals surface area contributed by atoms with Gasteiger partial charge in [-0.2, -0.15) is 11.8 Å². The number of amides is 2. The summed E-state index contributed by atoms with van der Waals surface area (Å²) < 4.78 is 30.6. The first kappa shape index (κ1) is 22.5. The van der Waals surface area contributed by atoms with Crippen LogP contribution in [-0.2, 0) is 9.53 Å². The number of nitrogens with zero attached hydrogens (tertiary/aromatic N) is 1. The van der Waals surface area contributed by atoms with Crippen LogP contribution in [0.15, 0.2) is 23.6 Å². The molecule has 0 radical (unpaired) electrons. The maximum Gasteiger partial charge on any atom is 0.408 e. The molecule has 0 bridgehead atoms. The lowest BCUT2D eigenvalue weighted by molar-refractivity contribution is -0.132. The van der Waals surface area contributed by atoms with Crippen LogP contribution in [0, 0.1) is 0 Å². The van der Waals surface area contributed by atoms with Gasteiger partial charge in [-0.1, -0.05) is 6.08 Å². The number of carbonyl (C=O) groups is 2. The molecule has 5 nitrogen and oxygen atoms in total. The summed E-state index contributed by atoms with van der Waals surface area (Å²) in [5, 5.41) is 2.63. The zero-order valence-electron chi connectivity index (χ0n) is 15.8. The minimum atomic E-state index is -1.14. The molecular formula is C18H28F2N2O3S. The normalized spacial score (nSPS) is 20.0. The van der Waals surface area contributed by atoms with Crippen LogP contribution in [0.25, 0.3) is 0 Å². The number of hydrogen-bond acceptors (Lipinski definition) is 4.